The van der Waals surface area contributed by atoms with Crippen molar-refractivity contribution in [3.8, 4) is 5.75 Å². The van der Waals surface area contributed by atoms with Crippen LogP contribution in [0.1, 0.15) is 35.3 Å². The number of carbonyl (C=O) groups excluding carboxylic acids is 1. The van der Waals surface area contributed by atoms with E-state index in [1.54, 1.807) is 7.11 Å². The van der Waals surface area contributed by atoms with Crippen LogP contribution < -0.4 is 14.8 Å². The SMILES string of the molecule is CCC(NC(=O)c1ccc(S(=O)(=O)Nc2ccccc2F)cc1)c1ccc(OC)cc1. The molecular weight excluding hydrogens is 419 g/mol. The molecule has 0 aliphatic rings. The number of rotatable bonds is 8. The smallest absolute Gasteiger partial charge is 0.261 e. The minimum atomic E-state index is -3.99. The molecule has 0 spiro atoms. The molecule has 0 aliphatic carbocycles. The van der Waals surface area contributed by atoms with Crippen molar-refractivity contribution in [3.63, 3.8) is 0 Å². The predicted octanol–water partition coefficient (Wildman–Crippen LogP) is 4.52. The van der Waals surface area contributed by atoms with E-state index in [-0.39, 0.29) is 22.5 Å². The summed E-state index contributed by atoms with van der Waals surface area (Å²) in [5.41, 5.74) is 1.11. The Balaban J connectivity index is 1.72. The van der Waals surface area contributed by atoms with Crippen molar-refractivity contribution in [1.82, 2.24) is 5.32 Å². The number of anilines is 1. The van der Waals surface area contributed by atoms with E-state index in [2.05, 4.69) is 10.0 Å². The second-order valence-corrected chi connectivity index (χ2v) is 8.50. The summed E-state index contributed by atoms with van der Waals surface area (Å²) in [5.74, 6) is -0.273. The molecule has 31 heavy (non-hydrogen) atoms. The van der Waals surface area contributed by atoms with Gasteiger partial charge in [0, 0.05) is 5.56 Å². The Morgan fingerprint density at radius 3 is 2.23 bits per heavy atom. The summed E-state index contributed by atoms with van der Waals surface area (Å²) in [6, 6.07) is 18.2. The number of ether oxygens (including phenoxy) is 1. The number of benzene rings is 3. The highest BCUT2D eigenvalue weighted by molar-refractivity contribution is 7.92. The van der Waals surface area contributed by atoms with Crippen molar-refractivity contribution >= 4 is 21.6 Å². The third-order valence-corrected chi connectivity index (χ3v) is 6.16. The van der Waals surface area contributed by atoms with Gasteiger partial charge in [0.1, 0.15) is 11.6 Å². The number of halogens is 1. The third kappa shape index (κ3) is 5.40. The van der Waals surface area contributed by atoms with Crippen LogP contribution in [0.15, 0.2) is 77.7 Å². The van der Waals surface area contributed by atoms with E-state index < -0.39 is 15.8 Å². The summed E-state index contributed by atoms with van der Waals surface area (Å²) >= 11 is 0. The van der Waals surface area contributed by atoms with Crippen molar-refractivity contribution in [2.75, 3.05) is 11.8 Å². The van der Waals surface area contributed by atoms with Gasteiger partial charge in [0.25, 0.3) is 15.9 Å². The van der Waals surface area contributed by atoms with E-state index in [0.717, 1.165) is 17.4 Å². The van der Waals surface area contributed by atoms with Gasteiger partial charge < -0.3 is 10.1 Å². The molecule has 3 aromatic carbocycles. The number of sulfonamides is 1. The largest absolute Gasteiger partial charge is 0.497 e. The van der Waals surface area contributed by atoms with E-state index in [9.17, 15) is 17.6 Å². The Labute approximate surface area is 181 Å². The first-order chi connectivity index (χ1) is 14.8. The number of nitrogens with one attached hydrogen (secondary N) is 2. The summed E-state index contributed by atoms with van der Waals surface area (Å²) in [5, 5.41) is 2.95. The predicted molar refractivity (Wildman–Crippen MR) is 117 cm³/mol. The molecule has 1 amide bonds. The van der Waals surface area contributed by atoms with Crippen LogP contribution in [-0.2, 0) is 10.0 Å². The van der Waals surface area contributed by atoms with Gasteiger partial charge in [-0.3, -0.25) is 9.52 Å². The summed E-state index contributed by atoms with van der Waals surface area (Å²) in [7, 11) is -2.40. The summed E-state index contributed by atoms with van der Waals surface area (Å²) in [6.45, 7) is 1.96. The Kier molecular flexibility index (Phi) is 6.91. The fourth-order valence-corrected chi connectivity index (χ4v) is 4.10. The Bertz CT molecular complexity index is 1150. The highest BCUT2D eigenvalue weighted by Crippen LogP contribution is 2.22. The van der Waals surface area contributed by atoms with Crippen LogP contribution in [0.4, 0.5) is 10.1 Å². The topological polar surface area (TPSA) is 84.5 Å². The average molecular weight is 443 g/mol. The molecule has 0 saturated heterocycles. The first-order valence-electron chi connectivity index (χ1n) is 9.66. The van der Waals surface area contributed by atoms with Crippen molar-refractivity contribution < 1.29 is 22.3 Å². The molecule has 3 aromatic rings. The number of para-hydroxylation sites is 1. The average Bonchev–Trinajstić information content (AvgIpc) is 2.79. The van der Waals surface area contributed by atoms with Crippen LogP contribution in [-0.4, -0.2) is 21.4 Å². The molecule has 8 heteroatoms. The van der Waals surface area contributed by atoms with E-state index in [1.165, 1.54) is 42.5 Å². The van der Waals surface area contributed by atoms with E-state index in [0.29, 0.717) is 12.0 Å². The second kappa shape index (κ2) is 9.61. The molecule has 3 rings (SSSR count). The Morgan fingerprint density at radius 1 is 1.00 bits per heavy atom. The van der Waals surface area contributed by atoms with E-state index in [4.69, 9.17) is 4.74 Å². The fraction of sp³-hybridized carbons (Fsp3) is 0.174. The molecule has 162 valence electrons. The highest BCUT2D eigenvalue weighted by atomic mass is 32.2. The number of carbonyl (C=O) groups is 1. The summed E-state index contributed by atoms with van der Waals surface area (Å²) in [4.78, 5) is 12.6. The molecule has 1 unspecified atom stereocenters. The maximum Gasteiger partial charge on any atom is 0.261 e. The maximum absolute atomic E-state index is 13.8. The normalized spacial score (nSPS) is 12.1. The lowest BCUT2D eigenvalue weighted by Gasteiger charge is -2.18. The van der Waals surface area contributed by atoms with Crippen molar-refractivity contribution in [1.29, 1.82) is 0 Å². The maximum atomic E-state index is 13.8. The van der Waals surface area contributed by atoms with Gasteiger partial charge >= 0.3 is 0 Å². The first kappa shape index (κ1) is 22.3. The summed E-state index contributed by atoms with van der Waals surface area (Å²) in [6.07, 6.45) is 0.678. The quantitative estimate of drug-likeness (QED) is 0.537. The number of hydrogen-bond donors (Lipinski definition) is 2. The van der Waals surface area contributed by atoms with Gasteiger partial charge in [-0.25, -0.2) is 12.8 Å². The lowest BCUT2D eigenvalue weighted by atomic mass is 10.0. The fourth-order valence-electron chi connectivity index (χ4n) is 3.03. The van der Waals surface area contributed by atoms with Gasteiger partial charge in [-0.05, 0) is 60.5 Å². The lowest BCUT2D eigenvalue weighted by Crippen LogP contribution is -2.28. The standard InChI is InChI=1S/C23H23FN2O4S/c1-3-21(16-8-12-18(30-2)13-9-16)25-23(27)17-10-14-19(15-11-17)31(28,29)26-22-7-5-4-6-20(22)24/h4-15,21,26H,3H2,1-2H3,(H,25,27). The zero-order valence-electron chi connectivity index (χ0n) is 17.1. The molecule has 0 saturated carbocycles. The van der Waals surface area contributed by atoms with Crippen molar-refractivity contribution in [2.24, 2.45) is 0 Å². The van der Waals surface area contributed by atoms with Crippen LogP contribution in [0.2, 0.25) is 0 Å². The second-order valence-electron chi connectivity index (χ2n) is 6.82. The molecule has 0 aliphatic heterocycles. The van der Waals surface area contributed by atoms with Crippen LogP contribution in [0.3, 0.4) is 0 Å². The van der Waals surface area contributed by atoms with Crippen LogP contribution >= 0.6 is 0 Å². The Morgan fingerprint density at radius 2 is 1.65 bits per heavy atom. The lowest BCUT2D eigenvalue weighted by molar-refractivity contribution is 0.0935. The molecule has 1 atom stereocenters. The summed E-state index contributed by atoms with van der Waals surface area (Å²) < 4.78 is 46.1. The van der Waals surface area contributed by atoms with Gasteiger partial charge in [-0.1, -0.05) is 31.2 Å². The molecule has 0 bridgehead atoms. The van der Waals surface area contributed by atoms with Crippen LogP contribution in [0.25, 0.3) is 0 Å². The molecule has 0 radical (unpaired) electrons. The number of amides is 1. The molecule has 2 N–H and O–H groups in total. The monoisotopic (exact) mass is 442 g/mol. The minimum Gasteiger partial charge on any atom is -0.497 e. The first-order valence-corrected chi connectivity index (χ1v) is 11.1. The molecule has 0 fully saturated rings. The van der Waals surface area contributed by atoms with E-state index in [1.807, 2.05) is 31.2 Å². The van der Waals surface area contributed by atoms with Gasteiger partial charge in [-0.2, -0.15) is 0 Å². The molecular formula is C23H23FN2O4S. The molecule has 0 aromatic heterocycles. The number of methoxy groups -OCH3 is 1. The number of hydrogen-bond acceptors (Lipinski definition) is 4. The minimum absolute atomic E-state index is 0.0745. The van der Waals surface area contributed by atoms with Gasteiger partial charge in [-0.15, -0.1) is 0 Å². The van der Waals surface area contributed by atoms with Crippen LogP contribution in [0, 0.1) is 5.82 Å². The van der Waals surface area contributed by atoms with Gasteiger partial charge in [0.05, 0.1) is 23.7 Å². The third-order valence-electron chi connectivity index (χ3n) is 4.78. The van der Waals surface area contributed by atoms with Crippen molar-refractivity contribution in [3.05, 3.63) is 89.7 Å². The molecule has 0 heterocycles. The van der Waals surface area contributed by atoms with E-state index >= 15 is 0 Å². The van der Waals surface area contributed by atoms with Gasteiger partial charge in [0.2, 0.25) is 0 Å². The van der Waals surface area contributed by atoms with Gasteiger partial charge in [0.15, 0.2) is 0 Å². The van der Waals surface area contributed by atoms with Crippen molar-refractivity contribution in [2.45, 2.75) is 24.3 Å². The Hall–Kier alpha value is -3.39. The highest BCUT2D eigenvalue weighted by Gasteiger charge is 2.18. The van der Waals surface area contributed by atoms with Crippen LogP contribution in [0.5, 0.6) is 5.75 Å². The zero-order chi connectivity index (χ0) is 22.4. The molecule has 6 nitrogen and oxygen atoms in total. The zero-order valence-corrected chi connectivity index (χ0v) is 17.9.